The fraction of sp³-hybridized carbons (Fsp3) is 0.927. The smallest absolute Gasteiger partial charge is 0.457 e. The van der Waals surface area contributed by atoms with Crippen LogP contribution >= 0.6 is 7.82 Å². The predicted octanol–water partition coefficient (Wildman–Crippen LogP) is 7.97. The van der Waals surface area contributed by atoms with Gasteiger partial charge in [-0.2, -0.15) is 0 Å². The van der Waals surface area contributed by atoms with E-state index in [4.69, 9.17) is 18.5 Å². The molecule has 13 heteroatoms. The molecule has 1 aliphatic carbocycles. The lowest BCUT2D eigenvalue weighted by Gasteiger charge is -2.41. The van der Waals surface area contributed by atoms with Crippen LogP contribution in [0, 0.1) is 0 Å². The molecule has 1 aliphatic rings. The molecule has 6 atom stereocenters. The van der Waals surface area contributed by atoms with E-state index in [1.54, 1.807) is 0 Å². The molecule has 6 N–H and O–H groups in total. The van der Waals surface area contributed by atoms with Crippen LogP contribution in [0.25, 0.3) is 0 Å². The van der Waals surface area contributed by atoms with E-state index in [-0.39, 0.29) is 13.0 Å². The van der Waals surface area contributed by atoms with E-state index in [0.717, 1.165) is 51.4 Å². The summed E-state index contributed by atoms with van der Waals surface area (Å²) in [5, 5.41) is 50.0. The summed E-state index contributed by atoms with van der Waals surface area (Å²) >= 11 is 0. The molecular formula is C41H79O12P. The minimum atomic E-state index is -5.01. The highest BCUT2D eigenvalue weighted by molar-refractivity contribution is 7.47. The Morgan fingerprint density at radius 1 is 0.574 bits per heavy atom. The van der Waals surface area contributed by atoms with Crippen molar-refractivity contribution in [3.8, 4) is 0 Å². The van der Waals surface area contributed by atoms with Crippen molar-refractivity contribution in [2.45, 2.75) is 224 Å². The molecule has 0 bridgehead atoms. The van der Waals surface area contributed by atoms with Gasteiger partial charge in [-0.3, -0.25) is 13.8 Å². The van der Waals surface area contributed by atoms with Crippen LogP contribution in [0.15, 0.2) is 12.2 Å². The van der Waals surface area contributed by atoms with Gasteiger partial charge in [-0.05, 0) is 38.5 Å². The molecule has 0 amide bonds. The van der Waals surface area contributed by atoms with E-state index in [0.29, 0.717) is 13.0 Å². The van der Waals surface area contributed by atoms with Crippen LogP contribution in [0.5, 0.6) is 0 Å². The van der Waals surface area contributed by atoms with Crippen molar-refractivity contribution in [2.24, 2.45) is 0 Å². The summed E-state index contributed by atoms with van der Waals surface area (Å²) in [7, 11) is -5.01. The SMILES string of the molecule is CCCCCC/C=C\CCCCCCCCOCC(COP(=O)(O)OC1C(O)C(O)C(O)C(O)C1O)OC(=O)CCCCCCCCCCCCCCC. The summed E-state index contributed by atoms with van der Waals surface area (Å²) in [6.45, 7) is 4.23. The maximum atomic E-state index is 12.8. The predicted molar refractivity (Wildman–Crippen MR) is 212 cm³/mol. The van der Waals surface area contributed by atoms with Gasteiger partial charge >= 0.3 is 13.8 Å². The Hall–Kier alpha value is -0.920. The minimum absolute atomic E-state index is 0.0760. The number of hydrogen-bond donors (Lipinski definition) is 6. The molecule has 12 nitrogen and oxygen atoms in total. The third-order valence-electron chi connectivity index (χ3n) is 10.1. The molecule has 1 rings (SSSR count). The van der Waals surface area contributed by atoms with Crippen molar-refractivity contribution in [2.75, 3.05) is 19.8 Å². The van der Waals surface area contributed by atoms with Crippen LogP contribution in [0.4, 0.5) is 0 Å². The first-order chi connectivity index (χ1) is 26.0. The van der Waals surface area contributed by atoms with Gasteiger partial charge in [0.2, 0.25) is 0 Å². The normalized spacial score (nSPS) is 23.5. The number of unbranched alkanes of at least 4 members (excludes halogenated alkanes) is 22. The Balaban J connectivity index is 2.43. The number of allylic oxidation sites excluding steroid dienone is 2. The van der Waals surface area contributed by atoms with E-state index < -0.39 is 63.1 Å². The van der Waals surface area contributed by atoms with Crippen molar-refractivity contribution < 1.29 is 58.3 Å². The molecule has 0 radical (unpaired) electrons. The number of aliphatic hydroxyl groups excluding tert-OH is 5. The molecule has 1 fully saturated rings. The third kappa shape index (κ3) is 25.4. The van der Waals surface area contributed by atoms with Crippen molar-refractivity contribution in [3.05, 3.63) is 12.2 Å². The average Bonchev–Trinajstić information content (AvgIpc) is 3.15. The molecule has 0 aromatic heterocycles. The summed E-state index contributed by atoms with van der Waals surface area (Å²) in [4.78, 5) is 23.1. The number of esters is 1. The zero-order chi connectivity index (χ0) is 39.9. The molecule has 0 spiro atoms. The molecular weight excluding hydrogens is 715 g/mol. The van der Waals surface area contributed by atoms with Gasteiger partial charge in [0.05, 0.1) is 13.2 Å². The van der Waals surface area contributed by atoms with Gasteiger partial charge in [0.1, 0.15) is 42.7 Å². The van der Waals surface area contributed by atoms with Crippen molar-refractivity contribution in [1.29, 1.82) is 0 Å². The molecule has 0 aromatic rings. The molecule has 0 saturated heterocycles. The zero-order valence-corrected chi connectivity index (χ0v) is 34.7. The van der Waals surface area contributed by atoms with Crippen molar-refractivity contribution >= 4 is 13.8 Å². The second-order valence-corrected chi connectivity index (χ2v) is 16.6. The lowest BCUT2D eigenvalue weighted by atomic mass is 9.85. The van der Waals surface area contributed by atoms with E-state index in [1.807, 2.05) is 0 Å². The Bertz CT molecular complexity index is 952. The van der Waals surface area contributed by atoms with Gasteiger partial charge in [-0.25, -0.2) is 4.57 Å². The molecule has 54 heavy (non-hydrogen) atoms. The summed E-state index contributed by atoms with van der Waals surface area (Å²) in [6, 6.07) is 0. The maximum absolute atomic E-state index is 12.8. The number of aliphatic hydroxyl groups is 5. The zero-order valence-electron chi connectivity index (χ0n) is 33.8. The van der Waals surface area contributed by atoms with E-state index in [9.17, 15) is 39.8 Å². The number of carbonyl (C=O) groups excluding carboxylic acids is 1. The van der Waals surface area contributed by atoms with Crippen molar-refractivity contribution in [1.82, 2.24) is 0 Å². The number of hydrogen-bond acceptors (Lipinski definition) is 11. The van der Waals surface area contributed by atoms with Gasteiger partial charge in [0.15, 0.2) is 0 Å². The first kappa shape index (κ1) is 51.1. The van der Waals surface area contributed by atoms with Crippen molar-refractivity contribution in [3.63, 3.8) is 0 Å². The lowest BCUT2D eigenvalue weighted by molar-refractivity contribution is -0.220. The molecule has 6 unspecified atom stereocenters. The highest BCUT2D eigenvalue weighted by atomic mass is 31.2. The fourth-order valence-electron chi connectivity index (χ4n) is 6.64. The van der Waals surface area contributed by atoms with Gasteiger partial charge in [0.25, 0.3) is 0 Å². The monoisotopic (exact) mass is 795 g/mol. The standard InChI is InChI=1S/C41H79O12P/c1-3-5-7-9-11-13-15-17-19-21-23-25-27-29-31-50-32-34(33-51-54(48,49)53-41-39(46)37(44)36(43)38(45)40(41)47)52-35(42)30-28-26-24-22-20-18-16-14-12-10-8-6-4-2/h13,15,34,36-41,43-47H,3-12,14,16-33H2,1-2H3,(H,48,49)/b15-13-. The second-order valence-electron chi connectivity index (χ2n) is 15.2. The van der Waals surface area contributed by atoms with Crippen LogP contribution in [-0.4, -0.2) is 98.9 Å². The Morgan fingerprint density at radius 3 is 1.48 bits per heavy atom. The van der Waals surface area contributed by atoms with Crippen LogP contribution in [0.2, 0.25) is 0 Å². The van der Waals surface area contributed by atoms with Crippen LogP contribution in [-0.2, 0) is 27.9 Å². The van der Waals surface area contributed by atoms with E-state index >= 15 is 0 Å². The van der Waals surface area contributed by atoms with Gasteiger partial charge in [0, 0.05) is 13.0 Å². The first-order valence-electron chi connectivity index (χ1n) is 21.5. The minimum Gasteiger partial charge on any atom is -0.457 e. The molecule has 1 saturated carbocycles. The average molecular weight is 795 g/mol. The summed E-state index contributed by atoms with van der Waals surface area (Å²) in [6.07, 6.45) is 21.4. The molecule has 0 aromatic carbocycles. The lowest BCUT2D eigenvalue weighted by Crippen LogP contribution is -2.64. The number of ether oxygens (including phenoxy) is 2. The quantitative estimate of drug-likeness (QED) is 0.0155. The van der Waals surface area contributed by atoms with E-state index in [2.05, 4.69) is 26.0 Å². The van der Waals surface area contributed by atoms with E-state index in [1.165, 1.54) is 103 Å². The van der Waals surface area contributed by atoms with Gasteiger partial charge < -0.3 is 39.9 Å². The van der Waals surface area contributed by atoms with Crippen LogP contribution < -0.4 is 0 Å². The Morgan fingerprint density at radius 2 is 0.981 bits per heavy atom. The number of phosphoric ester groups is 1. The van der Waals surface area contributed by atoms with Gasteiger partial charge in [-0.15, -0.1) is 0 Å². The molecule has 0 aliphatic heterocycles. The largest absolute Gasteiger partial charge is 0.472 e. The maximum Gasteiger partial charge on any atom is 0.472 e. The second kappa shape index (κ2) is 33.1. The highest BCUT2D eigenvalue weighted by Crippen LogP contribution is 2.47. The summed E-state index contributed by atoms with van der Waals surface area (Å²) in [5.74, 6) is -0.478. The van der Waals surface area contributed by atoms with Crippen LogP contribution in [0.1, 0.15) is 181 Å². The first-order valence-corrected chi connectivity index (χ1v) is 23.0. The highest BCUT2D eigenvalue weighted by Gasteiger charge is 2.51. The number of rotatable bonds is 36. The molecule has 320 valence electrons. The summed E-state index contributed by atoms with van der Waals surface area (Å²) < 4.78 is 34.1. The third-order valence-corrected chi connectivity index (χ3v) is 11.1. The topological polar surface area (TPSA) is 192 Å². The number of carbonyl (C=O) groups is 1. The summed E-state index contributed by atoms with van der Waals surface area (Å²) in [5.41, 5.74) is 0. The molecule has 0 heterocycles. The van der Waals surface area contributed by atoms with Crippen LogP contribution in [0.3, 0.4) is 0 Å². The Kier molecular flexibility index (Phi) is 31.3. The fourth-order valence-corrected chi connectivity index (χ4v) is 7.62. The Labute approximate surface area is 327 Å². The number of phosphoric acid groups is 1. The van der Waals surface area contributed by atoms with Gasteiger partial charge in [-0.1, -0.05) is 148 Å².